The zero-order valence-corrected chi connectivity index (χ0v) is 18.8. The first-order valence-electron chi connectivity index (χ1n) is 10.7. The van der Waals surface area contributed by atoms with E-state index in [2.05, 4.69) is 9.36 Å². The molecule has 2 aromatic carbocycles. The molecule has 0 bridgehead atoms. The van der Waals surface area contributed by atoms with Gasteiger partial charge in [-0.15, -0.1) is 0 Å². The van der Waals surface area contributed by atoms with Gasteiger partial charge in [-0.1, -0.05) is 0 Å². The number of benzene rings is 2. The number of likely N-dealkylation sites (tertiary alicyclic amines) is 1. The maximum Gasteiger partial charge on any atom is 0.273 e. The number of nitrogens with zero attached hydrogens (tertiary/aromatic N) is 4. The maximum absolute atomic E-state index is 13.2. The predicted molar refractivity (Wildman–Crippen MR) is 124 cm³/mol. The molecule has 1 fully saturated rings. The number of piperidine rings is 1. The van der Waals surface area contributed by atoms with Gasteiger partial charge in [-0.05, 0) is 72.9 Å². The fraction of sp³-hybridized carbons (Fsp3) is 0.250. The Labute approximate surface area is 197 Å². The summed E-state index contributed by atoms with van der Waals surface area (Å²) < 4.78 is 32.4. The molecule has 1 N–H and O–H groups in total. The highest BCUT2D eigenvalue weighted by Gasteiger charge is 2.35. The van der Waals surface area contributed by atoms with Crippen molar-refractivity contribution < 1.29 is 18.7 Å². The molecule has 0 spiro atoms. The number of amides is 1. The van der Waals surface area contributed by atoms with Gasteiger partial charge in [-0.3, -0.25) is 14.2 Å². The van der Waals surface area contributed by atoms with Crippen molar-refractivity contribution in [2.24, 2.45) is 0 Å². The molecular formula is C24H20F2N4O3S. The summed E-state index contributed by atoms with van der Waals surface area (Å²) in [5.74, 6) is -0.996. The van der Waals surface area contributed by atoms with Crippen LogP contribution in [0.25, 0.3) is 21.5 Å². The third-order valence-corrected chi connectivity index (χ3v) is 6.93. The second-order valence-corrected chi connectivity index (χ2v) is 9.19. The summed E-state index contributed by atoms with van der Waals surface area (Å²) in [6.07, 6.45) is 1.96. The average molecular weight is 483 g/mol. The molecule has 1 aliphatic rings. The molecule has 7 nitrogen and oxygen atoms in total. The Morgan fingerprint density at radius 1 is 1.03 bits per heavy atom. The highest BCUT2D eigenvalue weighted by Crippen LogP contribution is 2.29. The van der Waals surface area contributed by atoms with Gasteiger partial charge in [0.05, 0.1) is 18.5 Å². The van der Waals surface area contributed by atoms with Gasteiger partial charge in [-0.25, -0.2) is 13.8 Å². The van der Waals surface area contributed by atoms with Crippen LogP contribution in [0.4, 0.5) is 8.78 Å². The number of hydrogen-bond donors (Lipinski definition) is 1. The van der Waals surface area contributed by atoms with Gasteiger partial charge in [0, 0.05) is 24.2 Å². The fourth-order valence-corrected chi connectivity index (χ4v) is 4.95. The van der Waals surface area contributed by atoms with Crippen LogP contribution < -0.4 is 5.56 Å². The topological polar surface area (TPSA) is 88.3 Å². The first-order chi connectivity index (χ1) is 16.3. The molecular weight excluding hydrogens is 462 g/mol. The summed E-state index contributed by atoms with van der Waals surface area (Å²) in [5, 5.41) is 11.1. The second-order valence-electron chi connectivity index (χ2n) is 8.42. The first-order valence-corrected chi connectivity index (χ1v) is 11.5. The molecule has 0 radical (unpaired) electrons. The molecule has 1 aliphatic heterocycles. The molecule has 3 heterocycles. The summed E-state index contributed by atoms with van der Waals surface area (Å²) in [4.78, 5) is 31.7. The van der Waals surface area contributed by atoms with Crippen molar-refractivity contribution >= 4 is 27.7 Å². The average Bonchev–Trinajstić information content (AvgIpc) is 3.27. The number of aromatic nitrogens is 3. The number of carbonyl (C=O) groups excluding carboxylic acids is 1. The van der Waals surface area contributed by atoms with Crippen molar-refractivity contribution in [1.82, 2.24) is 18.8 Å². The normalized spacial score (nSPS) is 15.6. The molecule has 5 rings (SSSR count). The van der Waals surface area contributed by atoms with Crippen molar-refractivity contribution in [2.45, 2.75) is 25.0 Å². The third-order valence-electron chi connectivity index (χ3n) is 6.10. The van der Waals surface area contributed by atoms with Crippen LogP contribution in [0.1, 0.15) is 23.2 Å². The quantitative estimate of drug-likeness (QED) is 0.481. The van der Waals surface area contributed by atoms with Gasteiger partial charge in [-0.2, -0.15) is 4.37 Å². The van der Waals surface area contributed by atoms with E-state index in [1.165, 1.54) is 47.3 Å². The van der Waals surface area contributed by atoms with E-state index < -0.39 is 11.4 Å². The number of fused-ring (bicyclic) bond motifs is 1. The zero-order valence-electron chi connectivity index (χ0n) is 17.9. The minimum atomic E-state index is -1.18. The van der Waals surface area contributed by atoms with E-state index in [4.69, 9.17) is 0 Å². The van der Waals surface area contributed by atoms with Crippen LogP contribution in [-0.4, -0.2) is 48.5 Å². The van der Waals surface area contributed by atoms with E-state index in [0.717, 1.165) is 11.5 Å². The van der Waals surface area contributed by atoms with Gasteiger partial charge >= 0.3 is 0 Å². The van der Waals surface area contributed by atoms with E-state index >= 15 is 0 Å². The monoisotopic (exact) mass is 482 g/mol. The van der Waals surface area contributed by atoms with E-state index in [0.29, 0.717) is 40.1 Å². The number of carbonyl (C=O) groups is 1. The molecule has 0 atom stereocenters. The van der Waals surface area contributed by atoms with Gasteiger partial charge in [0.25, 0.3) is 11.5 Å². The Morgan fingerprint density at radius 2 is 1.65 bits per heavy atom. The van der Waals surface area contributed by atoms with Crippen LogP contribution in [0, 0.1) is 11.6 Å². The van der Waals surface area contributed by atoms with E-state index in [9.17, 15) is 23.5 Å². The highest BCUT2D eigenvalue weighted by atomic mass is 32.1. The van der Waals surface area contributed by atoms with Crippen molar-refractivity contribution in [3.8, 4) is 11.3 Å². The maximum atomic E-state index is 13.2. The molecule has 34 heavy (non-hydrogen) atoms. The Balaban J connectivity index is 1.32. The molecule has 1 saturated heterocycles. The van der Waals surface area contributed by atoms with Crippen molar-refractivity contribution in [1.29, 1.82) is 0 Å². The summed E-state index contributed by atoms with van der Waals surface area (Å²) in [6.45, 7) is 0.663. The Bertz CT molecular complexity index is 1410. The summed E-state index contributed by atoms with van der Waals surface area (Å²) in [5.41, 5.74) is 0.506. The Hall–Kier alpha value is -3.50. The second kappa shape index (κ2) is 8.69. The number of halogens is 2. The van der Waals surface area contributed by atoms with Crippen LogP contribution in [0.3, 0.4) is 0 Å². The molecule has 4 aromatic rings. The van der Waals surface area contributed by atoms with E-state index in [1.807, 2.05) is 0 Å². The fourth-order valence-electron chi connectivity index (χ4n) is 4.14. The molecule has 1 amide bonds. The molecule has 2 aromatic heterocycles. The number of aliphatic hydroxyl groups is 1. The molecule has 0 saturated carbocycles. The largest absolute Gasteiger partial charge is 0.388 e. The van der Waals surface area contributed by atoms with Gasteiger partial charge < -0.3 is 10.0 Å². The van der Waals surface area contributed by atoms with Gasteiger partial charge in [0.15, 0.2) is 0 Å². The minimum absolute atomic E-state index is 0.0388. The molecule has 0 aliphatic carbocycles. The SMILES string of the molecule is O=C(c1ccc(F)cc1)N1CCC(O)(Cn2cnc3c(-c4ccc(F)cc4)nsc3c2=O)CC1. The Kier molecular flexibility index (Phi) is 5.70. The van der Waals surface area contributed by atoms with Crippen LogP contribution in [0.15, 0.2) is 59.7 Å². The number of hydrogen-bond acceptors (Lipinski definition) is 6. The summed E-state index contributed by atoms with van der Waals surface area (Å²) >= 11 is 1.02. The Morgan fingerprint density at radius 3 is 2.29 bits per heavy atom. The lowest BCUT2D eigenvalue weighted by molar-refractivity contribution is -0.0299. The van der Waals surface area contributed by atoms with Crippen molar-refractivity contribution in [2.75, 3.05) is 13.1 Å². The minimum Gasteiger partial charge on any atom is -0.388 e. The molecule has 174 valence electrons. The molecule has 0 unspecified atom stereocenters. The van der Waals surface area contributed by atoms with Gasteiger partial charge in [0.2, 0.25) is 0 Å². The molecule has 10 heteroatoms. The summed E-state index contributed by atoms with van der Waals surface area (Å²) in [6, 6.07) is 11.2. The highest BCUT2D eigenvalue weighted by molar-refractivity contribution is 7.13. The van der Waals surface area contributed by atoms with Crippen molar-refractivity contribution in [3.63, 3.8) is 0 Å². The lowest BCUT2D eigenvalue weighted by atomic mass is 9.91. The van der Waals surface area contributed by atoms with Crippen molar-refractivity contribution in [3.05, 3.63) is 82.4 Å². The zero-order chi connectivity index (χ0) is 23.9. The van der Waals surface area contributed by atoms with Crippen LogP contribution in [0.2, 0.25) is 0 Å². The number of rotatable bonds is 4. The van der Waals surface area contributed by atoms with Crippen LogP contribution in [-0.2, 0) is 6.54 Å². The lowest BCUT2D eigenvalue weighted by Gasteiger charge is -2.38. The summed E-state index contributed by atoms with van der Waals surface area (Å²) in [7, 11) is 0. The van der Waals surface area contributed by atoms with Gasteiger partial charge in [0.1, 0.15) is 27.5 Å². The van der Waals surface area contributed by atoms with Crippen LogP contribution in [0.5, 0.6) is 0 Å². The third kappa shape index (κ3) is 4.22. The lowest BCUT2D eigenvalue weighted by Crippen LogP contribution is -2.49. The first kappa shape index (κ1) is 22.3. The predicted octanol–water partition coefficient (Wildman–Crippen LogP) is 3.47. The van der Waals surface area contributed by atoms with E-state index in [1.54, 1.807) is 17.0 Å². The van der Waals surface area contributed by atoms with E-state index in [-0.39, 0.29) is 36.7 Å². The van der Waals surface area contributed by atoms with Crippen LogP contribution >= 0.6 is 11.5 Å². The smallest absolute Gasteiger partial charge is 0.273 e. The standard InChI is InChI=1S/C24H20F2N4O3S/c25-17-5-1-15(2-6-17)19-20-21(34-28-19)23(32)30(14-27-20)13-24(33)9-11-29(12-10-24)22(31)16-3-7-18(26)8-4-16/h1-8,14,33H,9-13H2.